The Hall–Kier alpha value is -1.98. The highest BCUT2D eigenvalue weighted by Crippen LogP contribution is 2.24. The number of amides is 1. The summed E-state index contributed by atoms with van der Waals surface area (Å²) in [6, 6.07) is 12.5. The number of benzene rings is 2. The van der Waals surface area contributed by atoms with Gasteiger partial charge >= 0.3 is 0 Å². The molecule has 1 aromatic heterocycles. The first-order valence-corrected chi connectivity index (χ1v) is 7.35. The van der Waals surface area contributed by atoms with Crippen LogP contribution in [0.5, 0.6) is 0 Å². The second-order valence-corrected chi connectivity index (χ2v) is 5.95. The molecule has 21 heavy (non-hydrogen) atoms. The van der Waals surface area contributed by atoms with Gasteiger partial charge in [0.1, 0.15) is 5.69 Å². The molecule has 0 aliphatic heterocycles. The highest BCUT2D eigenvalue weighted by molar-refractivity contribution is 9.10. The van der Waals surface area contributed by atoms with E-state index in [0.717, 1.165) is 15.4 Å². The maximum absolute atomic E-state index is 12.3. The topological polar surface area (TPSA) is 70.9 Å². The molecular weight excluding hydrogens is 354 g/mol. The van der Waals surface area contributed by atoms with Crippen LogP contribution in [0.1, 0.15) is 10.5 Å². The minimum absolute atomic E-state index is 0.253. The molecule has 106 valence electrons. The van der Waals surface area contributed by atoms with E-state index in [1.54, 1.807) is 30.3 Å². The molecule has 4 nitrogen and oxygen atoms in total. The fraction of sp³-hybridized carbons (Fsp3) is 0. The summed E-state index contributed by atoms with van der Waals surface area (Å²) in [5.74, 6) is -0.253. The van der Waals surface area contributed by atoms with Crippen molar-refractivity contribution in [3.05, 3.63) is 57.7 Å². The van der Waals surface area contributed by atoms with Crippen molar-refractivity contribution < 1.29 is 4.79 Å². The number of nitrogen functional groups attached to an aromatic ring is 1. The number of carbonyl (C=O) groups is 1. The minimum Gasteiger partial charge on any atom is -0.397 e. The predicted octanol–water partition coefficient (Wildman–Crippen LogP) is 4.42. The summed E-state index contributed by atoms with van der Waals surface area (Å²) in [6.45, 7) is 0. The van der Waals surface area contributed by atoms with E-state index < -0.39 is 0 Å². The molecule has 0 aliphatic carbocycles. The summed E-state index contributed by atoms with van der Waals surface area (Å²) in [4.78, 5) is 15.3. The lowest BCUT2D eigenvalue weighted by Crippen LogP contribution is -2.13. The van der Waals surface area contributed by atoms with Crippen molar-refractivity contribution in [1.29, 1.82) is 0 Å². The third kappa shape index (κ3) is 2.89. The van der Waals surface area contributed by atoms with Gasteiger partial charge < -0.3 is 16.0 Å². The van der Waals surface area contributed by atoms with Crippen molar-refractivity contribution in [1.82, 2.24) is 4.98 Å². The lowest BCUT2D eigenvalue weighted by atomic mass is 10.2. The number of H-pyrrole nitrogens is 1. The quantitative estimate of drug-likeness (QED) is 0.589. The first-order chi connectivity index (χ1) is 10.0. The van der Waals surface area contributed by atoms with Gasteiger partial charge in [-0.25, -0.2) is 0 Å². The molecule has 3 aromatic rings. The Labute approximate surface area is 134 Å². The SMILES string of the molecule is Nc1cc(Br)ccc1NC(=O)c1cc2cc(Cl)ccc2[nH]1. The number of rotatable bonds is 2. The zero-order chi connectivity index (χ0) is 15.0. The van der Waals surface area contributed by atoms with Gasteiger partial charge in [-0.05, 0) is 42.5 Å². The van der Waals surface area contributed by atoms with E-state index >= 15 is 0 Å². The first-order valence-electron chi connectivity index (χ1n) is 6.17. The van der Waals surface area contributed by atoms with Gasteiger partial charge in [0.25, 0.3) is 5.91 Å². The summed E-state index contributed by atoms with van der Waals surface area (Å²) < 4.78 is 0.859. The lowest BCUT2D eigenvalue weighted by Gasteiger charge is -2.07. The van der Waals surface area contributed by atoms with Gasteiger partial charge in [0.15, 0.2) is 0 Å². The van der Waals surface area contributed by atoms with Crippen molar-refractivity contribution in [2.45, 2.75) is 0 Å². The molecule has 0 spiro atoms. The van der Waals surface area contributed by atoms with Gasteiger partial charge in [-0.2, -0.15) is 0 Å². The van der Waals surface area contributed by atoms with Gasteiger partial charge in [-0.15, -0.1) is 0 Å². The second-order valence-electron chi connectivity index (χ2n) is 4.60. The maximum Gasteiger partial charge on any atom is 0.272 e. The smallest absolute Gasteiger partial charge is 0.272 e. The molecule has 2 aromatic carbocycles. The van der Waals surface area contributed by atoms with E-state index in [4.69, 9.17) is 17.3 Å². The molecule has 0 unspecified atom stereocenters. The average molecular weight is 365 g/mol. The number of nitrogens with one attached hydrogen (secondary N) is 2. The van der Waals surface area contributed by atoms with E-state index in [2.05, 4.69) is 26.2 Å². The molecule has 0 bridgehead atoms. The van der Waals surface area contributed by atoms with Crippen LogP contribution >= 0.6 is 27.5 Å². The number of carbonyl (C=O) groups excluding carboxylic acids is 1. The standard InChI is InChI=1S/C15H11BrClN3O/c16-9-1-3-13(11(18)7-9)20-15(21)14-6-8-5-10(17)2-4-12(8)19-14/h1-7,19H,18H2,(H,20,21). The van der Waals surface area contributed by atoms with Crippen molar-refractivity contribution >= 4 is 55.7 Å². The van der Waals surface area contributed by atoms with Crippen LogP contribution in [0, 0.1) is 0 Å². The molecule has 0 radical (unpaired) electrons. The Morgan fingerprint density at radius 2 is 2.00 bits per heavy atom. The molecule has 1 amide bonds. The van der Waals surface area contributed by atoms with Crippen LogP contribution in [0.3, 0.4) is 0 Å². The number of aromatic amines is 1. The molecule has 0 atom stereocenters. The molecule has 3 rings (SSSR count). The zero-order valence-corrected chi connectivity index (χ0v) is 13.1. The number of anilines is 2. The Bertz CT molecular complexity index is 844. The van der Waals surface area contributed by atoms with Gasteiger partial charge in [-0.3, -0.25) is 4.79 Å². The Kier molecular flexibility index (Phi) is 3.61. The highest BCUT2D eigenvalue weighted by Gasteiger charge is 2.11. The van der Waals surface area contributed by atoms with Crippen molar-refractivity contribution in [3.8, 4) is 0 Å². The monoisotopic (exact) mass is 363 g/mol. The minimum atomic E-state index is -0.253. The van der Waals surface area contributed by atoms with Crippen molar-refractivity contribution in [2.75, 3.05) is 11.1 Å². The van der Waals surface area contributed by atoms with Crippen LogP contribution in [0.2, 0.25) is 5.02 Å². The molecule has 6 heteroatoms. The van der Waals surface area contributed by atoms with Crippen LogP contribution in [0.15, 0.2) is 46.9 Å². The molecule has 0 saturated heterocycles. The van der Waals surface area contributed by atoms with Gasteiger partial charge in [0.2, 0.25) is 0 Å². The fourth-order valence-corrected chi connectivity index (χ4v) is 2.62. The number of halogens is 2. The zero-order valence-electron chi connectivity index (χ0n) is 10.8. The van der Waals surface area contributed by atoms with E-state index in [-0.39, 0.29) is 5.91 Å². The number of hydrogen-bond donors (Lipinski definition) is 3. The molecule has 0 saturated carbocycles. The van der Waals surface area contributed by atoms with Crippen LogP contribution in [0.25, 0.3) is 10.9 Å². The summed E-state index contributed by atoms with van der Waals surface area (Å²) in [7, 11) is 0. The lowest BCUT2D eigenvalue weighted by molar-refractivity contribution is 0.102. The fourth-order valence-electron chi connectivity index (χ4n) is 2.06. The number of nitrogens with two attached hydrogens (primary N) is 1. The Balaban J connectivity index is 1.89. The molecule has 0 aliphatic rings. The molecule has 0 fully saturated rings. The largest absolute Gasteiger partial charge is 0.397 e. The Morgan fingerprint density at radius 1 is 1.19 bits per heavy atom. The third-order valence-electron chi connectivity index (χ3n) is 3.09. The molecule has 1 heterocycles. The van der Waals surface area contributed by atoms with E-state index in [0.29, 0.717) is 22.1 Å². The summed E-state index contributed by atoms with van der Waals surface area (Å²) in [5, 5.41) is 4.30. The highest BCUT2D eigenvalue weighted by atomic mass is 79.9. The number of fused-ring (bicyclic) bond motifs is 1. The Morgan fingerprint density at radius 3 is 2.76 bits per heavy atom. The second kappa shape index (κ2) is 5.42. The van der Waals surface area contributed by atoms with E-state index in [9.17, 15) is 4.79 Å². The van der Waals surface area contributed by atoms with Gasteiger partial charge in [0.05, 0.1) is 11.4 Å². The predicted molar refractivity (Wildman–Crippen MR) is 89.8 cm³/mol. The van der Waals surface area contributed by atoms with Gasteiger partial charge in [-0.1, -0.05) is 27.5 Å². The van der Waals surface area contributed by atoms with Crippen LogP contribution in [0.4, 0.5) is 11.4 Å². The number of aromatic nitrogens is 1. The average Bonchev–Trinajstić information content (AvgIpc) is 2.85. The van der Waals surface area contributed by atoms with E-state index in [1.165, 1.54) is 0 Å². The van der Waals surface area contributed by atoms with Crippen molar-refractivity contribution in [2.24, 2.45) is 0 Å². The molecule has 4 N–H and O–H groups in total. The third-order valence-corrected chi connectivity index (χ3v) is 3.82. The van der Waals surface area contributed by atoms with Crippen molar-refractivity contribution in [3.63, 3.8) is 0 Å². The normalized spacial score (nSPS) is 10.8. The van der Waals surface area contributed by atoms with Crippen LogP contribution in [-0.4, -0.2) is 10.9 Å². The van der Waals surface area contributed by atoms with Crippen LogP contribution in [-0.2, 0) is 0 Å². The summed E-state index contributed by atoms with van der Waals surface area (Å²) >= 11 is 9.26. The molecular formula is C15H11BrClN3O. The maximum atomic E-state index is 12.3. The van der Waals surface area contributed by atoms with Gasteiger partial charge in [0, 0.05) is 20.4 Å². The number of hydrogen-bond acceptors (Lipinski definition) is 2. The summed E-state index contributed by atoms with van der Waals surface area (Å²) in [5.41, 5.74) is 8.25. The first kappa shape index (κ1) is 14.0. The summed E-state index contributed by atoms with van der Waals surface area (Å²) in [6.07, 6.45) is 0. The van der Waals surface area contributed by atoms with Crippen LogP contribution < -0.4 is 11.1 Å². The van der Waals surface area contributed by atoms with E-state index in [1.807, 2.05) is 12.1 Å².